The molecule has 3 nitrogen and oxygen atoms in total. The molecule has 1 rings (SSSR count). The van der Waals surface area contributed by atoms with Crippen LogP contribution in [-0.2, 0) is 0 Å². The maximum atomic E-state index is 10.7. The zero-order chi connectivity index (χ0) is 10.4. The number of rotatable bonds is 4. The molecule has 0 aliphatic rings. The summed E-state index contributed by atoms with van der Waals surface area (Å²) in [4.78, 5) is 10.4. The molecule has 0 spiro atoms. The minimum absolute atomic E-state index is 0.164. The van der Waals surface area contributed by atoms with Gasteiger partial charge < -0.3 is 0 Å². The average Bonchev–Trinajstić information content (AvgIpc) is 2.19. The van der Waals surface area contributed by atoms with Crippen LogP contribution in [0, 0.1) is 10.1 Å². The molecule has 74 valence electrons. The highest BCUT2D eigenvalue weighted by atomic mass is 32.2. The molecule has 0 saturated heterocycles. The van der Waals surface area contributed by atoms with Crippen LogP contribution in [0.5, 0.6) is 0 Å². The summed E-state index contributed by atoms with van der Waals surface area (Å²) in [6.45, 7) is 1.96. The molecule has 1 aromatic rings. The first-order valence-corrected chi connectivity index (χ1v) is 5.32. The van der Waals surface area contributed by atoms with E-state index in [1.807, 2.05) is 13.0 Å². The van der Waals surface area contributed by atoms with Crippen molar-refractivity contribution in [2.75, 3.05) is 5.75 Å². The van der Waals surface area contributed by atoms with Crippen molar-refractivity contribution in [1.29, 1.82) is 0 Å². The lowest BCUT2D eigenvalue weighted by atomic mass is 10.2. The zero-order valence-electron chi connectivity index (χ0n) is 7.84. The fourth-order valence-corrected chi connectivity index (χ4v) is 1.53. The third-order valence-electron chi connectivity index (χ3n) is 1.63. The SMILES string of the molecule is CCS/C=C(/c1ccccc1)[N+](=O)[O-]. The summed E-state index contributed by atoms with van der Waals surface area (Å²) in [7, 11) is 0. The minimum Gasteiger partial charge on any atom is -0.258 e. The van der Waals surface area contributed by atoms with E-state index in [4.69, 9.17) is 0 Å². The Bertz CT molecular complexity index is 335. The van der Waals surface area contributed by atoms with Gasteiger partial charge in [-0.3, -0.25) is 10.1 Å². The van der Waals surface area contributed by atoms with Crippen LogP contribution < -0.4 is 0 Å². The first kappa shape index (κ1) is 10.8. The van der Waals surface area contributed by atoms with Gasteiger partial charge >= 0.3 is 0 Å². The number of nitrogens with zero attached hydrogens (tertiary/aromatic N) is 1. The Morgan fingerprint density at radius 3 is 2.64 bits per heavy atom. The molecule has 0 unspecified atom stereocenters. The lowest BCUT2D eigenvalue weighted by Gasteiger charge is -1.97. The molecule has 0 bridgehead atoms. The van der Waals surface area contributed by atoms with Gasteiger partial charge in [0.1, 0.15) is 0 Å². The van der Waals surface area contributed by atoms with Gasteiger partial charge in [-0.1, -0.05) is 25.1 Å². The first-order valence-electron chi connectivity index (χ1n) is 4.27. The second kappa shape index (κ2) is 5.44. The fourth-order valence-electron chi connectivity index (χ4n) is 0.988. The van der Waals surface area contributed by atoms with Crippen molar-refractivity contribution in [3.05, 3.63) is 51.4 Å². The number of thioether (sulfide) groups is 1. The van der Waals surface area contributed by atoms with E-state index in [0.717, 1.165) is 5.75 Å². The van der Waals surface area contributed by atoms with Crippen LogP contribution in [0.15, 0.2) is 35.7 Å². The Labute approximate surface area is 87.0 Å². The van der Waals surface area contributed by atoms with E-state index < -0.39 is 0 Å². The minimum atomic E-state index is -0.349. The van der Waals surface area contributed by atoms with Crippen LogP contribution in [0.2, 0.25) is 0 Å². The largest absolute Gasteiger partial charge is 0.282 e. The van der Waals surface area contributed by atoms with Crippen molar-refractivity contribution in [3.63, 3.8) is 0 Å². The summed E-state index contributed by atoms with van der Waals surface area (Å²) in [5.74, 6) is 0.837. The quantitative estimate of drug-likeness (QED) is 0.565. The number of hydrogen-bond donors (Lipinski definition) is 0. The van der Waals surface area contributed by atoms with Crippen LogP contribution in [0.1, 0.15) is 12.5 Å². The molecular formula is C10H11NO2S. The fraction of sp³-hybridized carbons (Fsp3) is 0.200. The van der Waals surface area contributed by atoms with E-state index in [0.29, 0.717) is 5.56 Å². The van der Waals surface area contributed by atoms with Gasteiger partial charge in [0.05, 0.1) is 10.5 Å². The van der Waals surface area contributed by atoms with Crippen LogP contribution >= 0.6 is 11.8 Å². The standard InChI is InChI=1S/C10H11NO2S/c1-2-14-8-10(11(12)13)9-6-4-3-5-7-9/h3-8H,2H2,1H3/b10-8-. The van der Waals surface area contributed by atoms with Crippen molar-refractivity contribution in [1.82, 2.24) is 0 Å². The maximum Gasteiger partial charge on any atom is 0.282 e. The number of hydrogen-bond acceptors (Lipinski definition) is 3. The molecular weight excluding hydrogens is 198 g/mol. The molecule has 0 heterocycles. The molecule has 1 aromatic carbocycles. The lowest BCUT2D eigenvalue weighted by molar-refractivity contribution is -0.375. The zero-order valence-corrected chi connectivity index (χ0v) is 8.66. The van der Waals surface area contributed by atoms with Gasteiger partial charge in [0, 0.05) is 5.41 Å². The third kappa shape index (κ3) is 2.88. The molecule has 0 N–H and O–H groups in total. The smallest absolute Gasteiger partial charge is 0.258 e. The molecule has 0 fully saturated rings. The monoisotopic (exact) mass is 209 g/mol. The van der Waals surface area contributed by atoms with Crippen molar-refractivity contribution in [2.45, 2.75) is 6.92 Å². The maximum absolute atomic E-state index is 10.7. The molecule has 0 aliphatic carbocycles. The van der Waals surface area contributed by atoms with Gasteiger partial charge in [-0.05, 0) is 17.9 Å². The summed E-state index contributed by atoms with van der Waals surface area (Å²) in [6, 6.07) is 8.91. The van der Waals surface area contributed by atoms with E-state index in [1.165, 1.54) is 11.8 Å². The summed E-state index contributed by atoms with van der Waals surface area (Å²) in [6.07, 6.45) is 0. The Morgan fingerprint density at radius 2 is 2.14 bits per heavy atom. The highest BCUT2D eigenvalue weighted by Gasteiger charge is 2.12. The van der Waals surface area contributed by atoms with Gasteiger partial charge in [-0.2, -0.15) is 0 Å². The molecule has 0 saturated carbocycles. The Balaban J connectivity index is 2.95. The van der Waals surface area contributed by atoms with E-state index >= 15 is 0 Å². The van der Waals surface area contributed by atoms with Gasteiger partial charge in [-0.25, -0.2) is 0 Å². The van der Waals surface area contributed by atoms with E-state index in [1.54, 1.807) is 29.7 Å². The molecule has 0 aromatic heterocycles. The van der Waals surface area contributed by atoms with Crippen LogP contribution in [0.3, 0.4) is 0 Å². The summed E-state index contributed by atoms with van der Waals surface area (Å²) in [5, 5.41) is 12.3. The predicted molar refractivity (Wildman–Crippen MR) is 59.5 cm³/mol. The topological polar surface area (TPSA) is 43.1 Å². The summed E-state index contributed by atoms with van der Waals surface area (Å²) < 4.78 is 0. The van der Waals surface area contributed by atoms with E-state index in [-0.39, 0.29) is 10.6 Å². The molecule has 0 atom stereocenters. The number of benzene rings is 1. The van der Waals surface area contributed by atoms with Gasteiger partial charge in [0.15, 0.2) is 0 Å². The van der Waals surface area contributed by atoms with Crippen LogP contribution in [-0.4, -0.2) is 10.7 Å². The van der Waals surface area contributed by atoms with Crippen LogP contribution in [0.25, 0.3) is 5.70 Å². The average molecular weight is 209 g/mol. The second-order valence-corrected chi connectivity index (χ2v) is 3.73. The summed E-state index contributed by atoms with van der Waals surface area (Å²) >= 11 is 1.44. The van der Waals surface area contributed by atoms with E-state index in [2.05, 4.69) is 0 Å². The van der Waals surface area contributed by atoms with Crippen LogP contribution in [0.4, 0.5) is 0 Å². The Hall–Kier alpha value is -1.29. The Kier molecular flexibility index (Phi) is 4.19. The highest BCUT2D eigenvalue weighted by Crippen LogP contribution is 2.18. The second-order valence-electron chi connectivity index (χ2n) is 2.58. The van der Waals surface area contributed by atoms with Gasteiger partial charge in [0.2, 0.25) is 0 Å². The highest BCUT2D eigenvalue weighted by molar-refractivity contribution is 8.02. The normalized spacial score (nSPS) is 11.4. The van der Waals surface area contributed by atoms with Gasteiger partial charge in [-0.15, -0.1) is 11.8 Å². The Morgan fingerprint density at radius 1 is 1.50 bits per heavy atom. The predicted octanol–water partition coefficient (Wildman–Crippen LogP) is 3.01. The number of nitro groups is 1. The van der Waals surface area contributed by atoms with Crippen molar-refractivity contribution < 1.29 is 4.92 Å². The molecule has 14 heavy (non-hydrogen) atoms. The first-order chi connectivity index (χ1) is 6.75. The molecule has 0 aliphatic heterocycles. The van der Waals surface area contributed by atoms with Crippen molar-refractivity contribution in [3.8, 4) is 0 Å². The lowest BCUT2D eigenvalue weighted by Crippen LogP contribution is -1.96. The van der Waals surface area contributed by atoms with E-state index in [9.17, 15) is 10.1 Å². The molecule has 0 amide bonds. The summed E-state index contributed by atoms with van der Waals surface area (Å²) in [5.41, 5.74) is 0.816. The van der Waals surface area contributed by atoms with Gasteiger partial charge in [0.25, 0.3) is 5.70 Å². The van der Waals surface area contributed by atoms with Crippen molar-refractivity contribution in [2.24, 2.45) is 0 Å². The molecule has 0 radical (unpaired) electrons. The molecule has 4 heteroatoms. The van der Waals surface area contributed by atoms with Crippen molar-refractivity contribution >= 4 is 17.5 Å². The third-order valence-corrected chi connectivity index (χ3v) is 2.35.